The van der Waals surface area contributed by atoms with Gasteiger partial charge in [0.25, 0.3) is 0 Å². The molecule has 0 amide bonds. The molecular formula is C17H25NO. The molecule has 1 heterocycles. The summed E-state index contributed by atoms with van der Waals surface area (Å²) in [6, 6.07) is 7.22. The number of nitrogens with one attached hydrogen (secondary N) is 1. The van der Waals surface area contributed by atoms with E-state index in [1.54, 1.807) is 0 Å². The number of benzene rings is 1. The summed E-state index contributed by atoms with van der Waals surface area (Å²) in [5.74, 6) is 2.79. The fraction of sp³-hybridized carbons (Fsp3) is 0.647. The van der Waals surface area contributed by atoms with Crippen molar-refractivity contribution in [3.05, 3.63) is 23.8 Å². The lowest BCUT2D eigenvalue weighted by molar-refractivity contribution is 0.264. The summed E-state index contributed by atoms with van der Waals surface area (Å²) < 4.78 is 5.56. The highest BCUT2D eigenvalue weighted by atomic mass is 16.5. The van der Waals surface area contributed by atoms with Crippen LogP contribution in [-0.4, -0.2) is 12.6 Å². The van der Waals surface area contributed by atoms with Crippen molar-refractivity contribution in [2.75, 3.05) is 11.9 Å². The van der Waals surface area contributed by atoms with E-state index < -0.39 is 0 Å². The Bertz CT molecular complexity index is 441. The predicted octanol–water partition coefficient (Wildman–Crippen LogP) is 4.25. The van der Waals surface area contributed by atoms with E-state index in [1.807, 2.05) is 0 Å². The Hall–Kier alpha value is -1.18. The van der Waals surface area contributed by atoms with Gasteiger partial charge in [-0.15, -0.1) is 0 Å². The van der Waals surface area contributed by atoms with E-state index in [0.29, 0.717) is 6.04 Å². The molecule has 19 heavy (non-hydrogen) atoms. The molecule has 0 saturated heterocycles. The highest BCUT2D eigenvalue weighted by Crippen LogP contribution is 2.33. The zero-order valence-corrected chi connectivity index (χ0v) is 12.1. The molecule has 2 atom stereocenters. The third kappa shape index (κ3) is 2.88. The predicted molar refractivity (Wildman–Crippen MR) is 79.8 cm³/mol. The summed E-state index contributed by atoms with van der Waals surface area (Å²) in [5, 5.41) is 3.74. The molecule has 1 aliphatic heterocycles. The molecule has 1 aliphatic carbocycles. The third-order valence-electron chi connectivity index (χ3n) is 4.72. The van der Waals surface area contributed by atoms with Crippen LogP contribution in [0.15, 0.2) is 18.2 Å². The Morgan fingerprint density at radius 2 is 2.16 bits per heavy atom. The molecule has 2 aliphatic rings. The molecule has 3 rings (SSSR count). The second kappa shape index (κ2) is 5.44. The topological polar surface area (TPSA) is 21.3 Å². The number of rotatable bonds is 3. The smallest absolute Gasteiger partial charge is 0.122 e. The van der Waals surface area contributed by atoms with Gasteiger partial charge in [0, 0.05) is 18.2 Å². The van der Waals surface area contributed by atoms with Crippen molar-refractivity contribution in [3.63, 3.8) is 0 Å². The van der Waals surface area contributed by atoms with Crippen LogP contribution in [-0.2, 0) is 6.42 Å². The Labute approximate surface area is 116 Å². The SMILES string of the molecule is CC(C)C1CCCC(Nc2ccc3c(c2)CCO3)C1. The van der Waals surface area contributed by atoms with Crippen molar-refractivity contribution < 1.29 is 4.74 Å². The molecule has 0 bridgehead atoms. The summed E-state index contributed by atoms with van der Waals surface area (Å²) in [5.41, 5.74) is 2.64. The first kappa shape index (κ1) is 12.8. The third-order valence-corrected chi connectivity index (χ3v) is 4.72. The van der Waals surface area contributed by atoms with Crippen LogP contribution in [0.5, 0.6) is 5.75 Å². The van der Waals surface area contributed by atoms with E-state index >= 15 is 0 Å². The average molecular weight is 259 g/mol. The first-order chi connectivity index (χ1) is 9.22. The summed E-state index contributed by atoms with van der Waals surface area (Å²) >= 11 is 0. The van der Waals surface area contributed by atoms with Crippen molar-refractivity contribution in [2.24, 2.45) is 11.8 Å². The van der Waals surface area contributed by atoms with Crippen molar-refractivity contribution in [1.29, 1.82) is 0 Å². The number of fused-ring (bicyclic) bond motifs is 1. The van der Waals surface area contributed by atoms with Gasteiger partial charge in [-0.1, -0.05) is 26.7 Å². The Balaban J connectivity index is 1.64. The van der Waals surface area contributed by atoms with Crippen LogP contribution in [0, 0.1) is 11.8 Å². The summed E-state index contributed by atoms with van der Waals surface area (Å²) in [6.07, 6.45) is 6.48. The van der Waals surface area contributed by atoms with Crippen LogP contribution in [0.3, 0.4) is 0 Å². The maximum atomic E-state index is 5.56. The van der Waals surface area contributed by atoms with E-state index in [0.717, 1.165) is 30.6 Å². The molecule has 2 nitrogen and oxygen atoms in total. The van der Waals surface area contributed by atoms with E-state index in [-0.39, 0.29) is 0 Å². The average Bonchev–Trinajstić information content (AvgIpc) is 2.86. The van der Waals surface area contributed by atoms with E-state index in [2.05, 4.69) is 37.4 Å². The maximum Gasteiger partial charge on any atom is 0.122 e. The van der Waals surface area contributed by atoms with Gasteiger partial charge in [0.2, 0.25) is 0 Å². The summed E-state index contributed by atoms with van der Waals surface area (Å²) in [6.45, 7) is 5.57. The Morgan fingerprint density at radius 3 is 3.00 bits per heavy atom. The van der Waals surface area contributed by atoms with Crippen LogP contribution in [0.25, 0.3) is 0 Å². The molecule has 1 aromatic carbocycles. The fourth-order valence-corrected chi connectivity index (χ4v) is 3.48. The molecule has 0 aromatic heterocycles. The normalized spacial score (nSPS) is 26.1. The molecular weight excluding hydrogens is 234 g/mol. The van der Waals surface area contributed by atoms with Crippen LogP contribution < -0.4 is 10.1 Å². The number of hydrogen-bond donors (Lipinski definition) is 1. The minimum absolute atomic E-state index is 0.654. The van der Waals surface area contributed by atoms with Gasteiger partial charge in [0.05, 0.1) is 6.61 Å². The summed E-state index contributed by atoms with van der Waals surface area (Å²) in [7, 11) is 0. The zero-order chi connectivity index (χ0) is 13.2. The highest BCUT2D eigenvalue weighted by molar-refractivity contribution is 5.53. The van der Waals surface area contributed by atoms with Crippen molar-refractivity contribution in [1.82, 2.24) is 0 Å². The van der Waals surface area contributed by atoms with Crippen molar-refractivity contribution >= 4 is 5.69 Å². The fourth-order valence-electron chi connectivity index (χ4n) is 3.48. The second-order valence-electron chi connectivity index (χ2n) is 6.43. The molecule has 104 valence electrons. The second-order valence-corrected chi connectivity index (χ2v) is 6.43. The minimum Gasteiger partial charge on any atom is -0.493 e. The van der Waals surface area contributed by atoms with E-state index in [4.69, 9.17) is 4.74 Å². The Morgan fingerprint density at radius 1 is 1.26 bits per heavy atom. The van der Waals surface area contributed by atoms with Gasteiger partial charge in [-0.2, -0.15) is 0 Å². The van der Waals surface area contributed by atoms with Crippen LogP contribution in [0.2, 0.25) is 0 Å². The van der Waals surface area contributed by atoms with Crippen LogP contribution >= 0.6 is 0 Å². The lowest BCUT2D eigenvalue weighted by atomic mass is 9.79. The van der Waals surface area contributed by atoms with Gasteiger partial charge in [-0.3, -0.25) is 0 Å². The minimum atomic E-state index is 0.654. The summed E-state index contributed by atoms with van der Waals surface area (Å²) in [4.78, 5) is 0. The lowest BCUT2D eigenvalue weighted by Crippen LogP contribution is -2.29. The largest absolute Gasteiger partial charge is 0.493 e. The van der Waals surface area contributed by atoms with Gasteiger partial charge in [-0.25, -0.2) is 0 Å². The zero-order valence-electron chi connectivity index (χ0n) is 12.1. The Kier molecular flexibility index (Phi) is 3.67. The van der Waals surface area contributed by atoms with E-state index in [1.165, 1.54) is 36.9 Å². The quantitative estimate of drug-likeness (QED) is 0.876. The molecule has 1 fully saturated rings. The van der Waals surface area contributed by atoms with Crippen LogP contribution in [0.1, 0.15) is 45.1 Å². The first-order valence-corrected chi connectivity index (χ1v) is 7.74. The van der Waals surface area contributed by atoms with Crippen LogP contribution in [0.4, 0.5) is 5.69 Å². The lowest BCUT2D eigenvalue weighted by Gasteiger charge is -2.32. The van der Waals surface area contributed by atoms with Crippen molar-refractivity contribution in [3.8, 4) is 5.75 Å². The molecule has 1 saturated carbocycles. The number of hydrogen-bond acceptors (Lipinski definition) is 2. The van der Waals surface area contributed by atoms with Gasteiger partial charge < -0.3 is 10.1 Å². The number of anilines is 1. The molecule has 2 unspecified atom stereocenters. The van der Waals surface area contributed by atoms with Gasteiger partial charge in [-0.05, 0) is 48.4 Å². The maximum absolute atomic E-state index is 5.56. The van der Waals surface area contributed by atoms with E-state index in [9.17, 15) is 0 Å². The molecule has 0 radical (unpaired) electrons. The molecule has 2 heteroatoms. The standard InChI is InChI=1S/C17H25NO/c1-12(2)13-4-3-5-15(10-13)18-16-6-7-17-14(11-16)8-9-19-17/h6-7,11-13,15,18H,3-5,8-10H2,1-2H3. The van der Waals surface area contributed by atoms with Gasteiger partial charge in [0.15, 0.2) is 0 Å². The molecule has 1 aromatic rings. The van der Waals surface area contributed by atoms with Gasteiger partial charge >= 0.3 is 0 Å². The van der Waals surface area contributed by atoms with Gasteiger partial charge in [0.1, 0.15) is 5.75 Å². The molecule has 1 N–H and O–H groups in total. The molecule has 0 spiro atoms. The van der Waals surface area contributed by atoms with Crippen molar-refractivity contribution in [2.45, 2.75) is 52.0 Å². The highest BCUT2D eigenvalue weighted by Gasteiger charge is 2.24. The first-order valence-electron chi connectivity index (χ1n) is 7.74. The monoisotopic (exact) mass is 259 g/mol. The number of ether oxygens (including phenoxy) is 1.